The van der Waals surface area contributed by atoms with E-state index < -0.39 is 23.6 Å². The SMILES string of the molecule is CC1(C)OC(=O)C(Cc2c[nH]c3ccc(C#N)cc23)C(=O)O1. The number of hydrogen-bond donors (Lipinski definition) is 1. The molecule has 1 fully saturated rings. The van der Waals surface area contributed by atoms with Gasteiger partial charge in [0.1, 0.15) is 0 Å². The number of hydrogen-bond acceptors (Lipinski definition) is 5. The number of nitrogens with zero attached hydrogens (tertiary/aromatic N) is 1. The average molecular weight is 298 g/mol. The van der Waals surface area contributed by atoms with Gasteiger partial charge in [0.25, 0.3) is 5.79 Å². The highest BCUT2D eigenvalue weighted by Gasteiger charge is 2.43. The Hall–Kier alpha value is -2.81. The van der Waals surface area contributed by atoms with E-state index >= 15 is 0 Å². The fraction of sp³-hybridized carbons (Fsp3) is 0.312. The number of nitriles is 1. The first-order valence-electron chi connectivity index (χ1n) is 6.85. The molecule has 22 heavy (non-hydrogen) atoms. The highest BCUT2D eigenvalue weighted by atomic mass is 16.7. The van der Waals surface area contributed by atoms with Crippen molar-refractivity contribution in [2.45, 2.75) is 26.1 Å². The van der Waals surface area contributed by atoms with Gasteiger partial charge in [-0.05, 0) is 30.2 Å². The maximum atomic E-state index is 12.0. The fourth-order valence-electron chi connectivity index (χ4n) is 2.55. The topological polar surface area (TPSA) is 92.2 Å². The zero-order valence-corrected chi connectivity index (χ0v) is 12.2. The molecule has 1 aromatic carbocycles. The standard InChI is InChI=1S/C16H14N2O4/c1-16(2)21-14(19)12(15(20)22-16)6-10-8-18-13-4-3-9(7-17)5-11(10)13/h3-5,8,12,18H,6H2,1-2H3. The zero-order chi connectivity index (χ0) is 15.9. The van der Waals surface area contributed by atoms with Crippen LogP contribution in [0.2, 0.25) is 0 Å². The van der Waals surface area contributed by atoms with Gasteiger partial charge in [-0.25, -0.2) is 0 Å². The Morgan fingerprint density at radius 2 is 1.95 bits per heavy atom. The second kappa shape index (κ2) is 4.88. The molecule has 0 aliphatic carbocycles. The lowest BCUT2D eigenvalue weighted by molar-refractivity contribution is -0.239. The molecule has 0 radical (unpaired) electrons. The van der Waals surface area contributed by atoms with E-state index in [0.29, 0.717) is 5.56 Å². The number of benzene rings is 1. The molecule has 0 unspecified atom stereocenters. The minimum Gasteiger partial charge on any atom is -0.422 e. The molecular formula is C16H14N2O4. The van der Waals surface area contributed by atoms with E-state index in [1.54, 1.807) is 24.4 Å². The van der Waals surface area contributed by atoms with Crippen molar-refractivity contribution in [2.24, 2.45) is 5.92 Å². The minimum atomic E-state index is -1.22. The second-order valence-electron chi connectivity index (χ2n) is 5.68. The van der Waals surface area contributed by atoms with Crippen LogP contribution in [0.5, 0.6) is 0 Å². The first-order chi connectivity index (χ1) is 10.4. The molecule has 2 aromatic rings. The number of H-pyrrole nitrogens is 1. The number of aromatic amines is 1. The number of esters is 2. The third kappa shape index (κ3) is 2.42. The lowest BCUT2D eigenvalue weighted by atomic mass is 9.97. The third-order valence-corrected chi connectivity index (χ3v) is 3.58. The number of nitrogens with one attached hydrogen (secondary N) is 1. The minimum absolute atomic E-state index is 0.169. The number of rotatable bonds is 2. The summed E-state index contributed by atoms with van der Waals surface area (Å²) in [5.74, 6) is -3.39. The van der Waals surface area contributed by atoms with Crippen LogP contribution in [0.1, 0.15) is 25.0 Å². The Bertz CT molecular complexity index is 793. The van der Waals surface area contributed by atoms with E-state index in [9.17, 15) is 9.59 Å². The molecule has 0 amide bonds. The van der Waals surface area contributed by atoms with Crippen LogP contribution in [0.4, 0.5) is 0 Å². The lowest BCUT2D eigenvalue weighted by Crippen LogP contribution is -2.46. The summed E-state index contributed by atoms with van der Waals surface area (Å²) in [5.41, 5.74) is 2.13. The Labute approximate surface area is 126 Å². The first kappa shape index (κ1) is 14.1. The Morgan fingerprint density at radius 1 is 1.27 bits per heavy atom. The van der Waals surface area contributed by atoms with Crippen molar-refractivity contribution < 1.29 is 19.1 Å². The maximum Gasteiger partial charge on any atom is 0.323 e. The van der Waals surface area contributed by atoms with E-state index in [1.165, 1.54) is 13.8 Å². The van der Waals surface area contributed by atoms with Crippen LogP contribution in [0, 0.1) is 17.2 Å². The number of carbonyl (C=O) groups excluding carboxylic acids is 2. The summed E-state index contributed by atoms with van der Waals surface area (Å²) >= 11 is 0. The molecule has 0 spiro atoms. The van der Waals surface area contributed by atoms with E-state index in [-0.39, 0.29) is 6.42 Å². The van der Waals surface area contributed by atoms with Gasteiger partial charge in [-0.3, -0.25) is 9.59 Å². The van der Waals surface area contributed by atoms with Gasteiger partial charge in [-0.2, -0.15) is 5.26 Å². The highest BCUT2D eigenvalue weighted by molar-refractivity contribution is 5.97. The Kier molecular flexibility index (Phi) is 3.14. The van der Waals surface area contributed by atoms with Crippen LogP contribution in [0.25, 0.3) is 10.9 Å². The molecule has 0 atom stereocenters. The van der Waals surface area contributed by atoms with Crippen LogP contribution in [-0.4, -0.2) is 22.7 Å². The summed E-state index contributed by atoms with van der Waals surface area (Å²) < 4.78 is 10.2. The normalized spacial score (nSPS) is 17.9. The number of ether oxygens (including phenoxy) is 2. The van der Waals surface area contributed by atoms with Gasteiger partial charge in [0.15, 0.2) is 5.92 Å². The van der Waals surface area contributed by atoms with Crippen LogP contribution in [-0.2, 0) is 25.5 Å². The van der Waals surface area contributed by atoms with Gasteiger partial charge in [0.05, 0.1) is 11.6 Å². The molecule has 0 bridgehead atoms. The fourth-order valence-corrected chi connectivity index (χ4v) is 2.55. The number of aromatic nitrogens is 1. The average Bonchev–Trinajstić information content (AvgIpc) is 2.84. The van der Waals surface area contributed by atoms with Crippen molar-refractivity contribution in [1.82, 2.24) is 4.98 Å². The third-order valence-electron chi connectivity index (χ3n) is 3.58. The number of carbonyl (C=O) groups is 2. The smallest absolute Gasteiger partial charge is 0.323 e. The van der Waals surface area contributed by atoms with E-state index in [2.05, 4.69) is 11.1 Å². The lowest BCUT2D eigenvalue weighted by Gasteiger charge is -2.32. The van der Waals surface area contributed by atoms with Crippen LogP contribution in [0.15, 0.2) is 24.4 Å². The largest absolute Gasteiger partial charge is 0.422 e. The van der Waals surface area contributed by atoms with E-state index in [4.69, 9.17) is 14.7 Å². The van der Waals surface area contributed by atoms with Gasteiger partial charge < -0.3 is 14.5 Å². The quantitative estimate of drug-likeness (QED) is 0.676. The summed E-state index contributed by atoms with van der Waals surface area (Å²) in [6, 6.07) is 7.29. The monoisotopic (exact) mass is 298 g/mol. The summed E-state index contributed by atoms with van der Waals surface area (Å²) in [4.78, 5) is 27.1. The van der Waals surface area contributed by atoms with E-state index in [0.717, 1.165) is 16.5 Å². The molecular weight excluding hydrogens is 284 g/mol. The highest BCUT2D eigenvalue weighted by Crippen LogP contribution is 2.28. The summed E-state index contributed by atoms with van der Waals surface area (Å²) in [6.07, 6.45) is 1.90. The van der Waals surface area contributed by atoms with Crippen molar-refractivity contribution in [3.05, 3.63) is 35.5 Å². The molecule has 1 saturated heterocycles. The van der Waals surface area contributed by atoms with Gasteiger partial charge in [0.2, 0.25) is 0 Å². The molecule has 1 aliphatic rings. The Morgan fingerprint density at radius 3 is 2.59 bits per heavy atom. The molecule has 6 nitrogen and oxygen atoms in total. The van der Waals surface area contributed by atoms with Crippen molar-refractivity contribution in [3.63, 3.8) is 0 Å². The Balaban J connectivity index is 1.92. The number of fused-ring (bicyclic) bond motifs is 1. The first-order valence-corrected chi connectivity index (χ1v) is 6.85. The second-order valence-corrected chi connectivity index (χ2v) is 5.68. The van der Waals surface area contributed by atoms with Crippen molar-refractivity contribution in [1.29, 1.82) is 5.26 Å². The molecule has 1 aromatic heterocycles. The molecule has 0 saturated carbocycles. The van der Waals surface area contributed by atoms with Crippen LogP contribution >= 0.6 is 0 Å². The predicted octanol–water partition coefficient (Wildman–Crippen LogP) is 2.03. The number of cyclic esters (lactones) is 2. The van der Waals surface area contributed by atoms with Crippen molar-refractivity contribution in [2.75, 3.05) is 0 Å². The molecule has 6 heteroatoms. The van der Waals surface area contributed by atoms with Crippen molar-refractivity contribution >= 4 is 22.8 Å². The molecule has 2 heterocycles. The van der Waals surface area contributed by atoms with Gasteiger partial charge in [0, 0.05) is 30.9 Å². The van der Waals surface area contributed by atoms with Gasteiger partial charge >= 0.3 is 11.9 Å². The predicted molar refractivity (Wildman–Crippen MR) is 76.5 cm³/mol. The molecule has 3 rings (SSSR count). The molecule has 1 N–H and O–H groups in total. The zero-order valence-electron chi connectivity index (χ0n) is 12.2. The summed E-state index contributed by atoms with van der Waals surface area (Å²) in [5, 5.41) is 9.79. The van der Waals surface area contributed by atoms with E-state index in [1.807, 2.05) is 0 Å². The van der Waals surface area contributed by atoms with Crippen LogP contribution < -0.4 is 0 Å². The summed E-state index contributed by atoms with van der Waals surface area (Å²) in [6.45, 7) is 3.04. The maximum absolute atomic E-state index is 12.0. The van der Waals surface area contributed by atoms with Gasteiger partial charge in [-0.1, -0.05) is 0 Å². The van der Waals surface area contributed by atoms with Crippen molar-refractivity contribution in [3.8, 4) is 6.07 Å². The van der Waals surface area contributed by atoms with Gasteiger partial charge in [-0.15, -0.1) is 0 Å². The van der Waals surface area contributed by atoms with Crippen LogP contribution in [0.3, 0.4) is 0 Å². The molecule has 1 aliphatic heterocycles. The summed E-state index contributed by atoms with van der Waals surface area (Å²) in [7, 11) is 0. The molecule has 112 valence electrons.